The summed E-state index contributed by atoms with van der Waals surface area (Å²) in [7, 11) is 0. The highest BCUT2D eigenvalue weighted by Gasteiger charge is 2.15. The molecule has 0 aliphatic heterocycles. The Hall–Kier alpha value is -1.65. The Labute approximate surface area is 108 Å². The number of anilines is 1. The van der Waals surface area contributed by atoms with Crippen molar-refractivity contribution >= 4 is 11.7 Å². The van der Waals surface area contributed by atoms with Crippen LogP contribution in [0.3, 0.4) is 0 Å². The third-order valence-electron chi connectivity index (χ3n) is 2.62. The molecule has 1 aromatic heterocycles. The van der Waals surface area contributed by atoms with Crippen LogP contribution in [0.25, 0.3) is 0 Å². The summed E-state index contributed by atoms with van der Waals surface area (Å²) in [4.78, 5) is 19.4. The van der Waals surface area contributed by atoms with Gasteiger partial charge in [0.1, 0.15) is 5.82 Å². The topological polar surface area (TPSA) is 75.1 Å². The van der Waals surface area contributed by atoms with Crippen molar-refractivity contribution < 1.29 is 9.90 Å². The smallest absolute Gasteiger partial charge is 0.356 e. The zero-order valence-electron chi connectivity index (χ0n) is 11.2. The van der Waals surface area contributed by atoms with Crippen LogP contribution < -0.4 is 5.32 Å². The first kappa shape index (κ1) is 14.4. The molecule has 5 nitrogen and oxygen atoms in total. The van der Waals surface area contributed by atoms with Crippen LogP contribution in [0.4, 0.5) is 5.69 Å². The lowest BCUT2D eigenvalue weighted by atomic mass is 10.2. The molecule has 0 bridgehead atoms. The van der Waals surface area contributed by atoms with E-state index in [2.05, 4.69) is 22.2 Å². The van der Waals surface area contributed by atoms with Crippen molar-refractivity contribution in [3.63, 3.8) is 0 Å². The molecule has 0 spiro atoms. The lowest BCUT2D eigenvalue weighted by Crippen LogP contribution is -2.13. The second-order valence-electron chi connectivity index (χ2n) is 4.58. The summed E-state index contributed by atoms with van der Waals surface area (Å²) in [5.74, 6) is -0.332. The highest BCUT2D eigenvalue weighted by molar-refractivity contribution is 5.91. The molecule has 0 aliphatic carbocycles. The number of carboxylic acid groups (broad SMARTS) is 1. The van der Waals surface area contributed by atoms with Crippen molar-refractivity contribution in [2.24, 2.45) is 0 Å². The van der Waals surface area contributed by atoms with Gasteiger partial charge in [-0.05, 0) is 6.42 Å². The van der Waals surface area contributed by atoms with Gasteiger partial charge in [-0.2, -0.15) is 0 Å². The quantitative estimate of drug-likeness (QED) is 0.729. The Morgan fingerprint density at radius 1 is 1.44 bits per heavy atom. The van der Waals surface area contributed by atoms with Crippen LogP contribution in [0.2, 0.25) is 0 Å². The summed E-state index contributed by atoms with van der Waals surface area (Å²) in [6.07, 6.45) is 4.84. The van der Waals surface area contributed by atoms with E-state index in [1.54, 1.807) is 6.20 Å². The molecule has 0 aromatic carbocycles. The van der Waals surface area contributed by atoms with E-state index in [4.69, 9.17) is 5.11 Å². The fraction of sp³-hybridized carbons (Fsp3) is 0.615. The summed E-state index contributed by atoms with van der Waals surface area (Å²) in [6.45, 7) is 6.76. The van der Waals surface area contributed by atoms with Gasteiger partial charge in [0.2, 0.25) is 0 Å². The maximum Gasteiger partial charge on any atom is 0.356 e. The van der Waals surface area contributed by atoms with Crippen LogP contribution >= 0.6 is 0 Å². The third-order valence-corrected chi connectivity index (χ3v) is 2.62. The SMILES string of the molecule is CCCCCNc1cnc(C(C)C)nc1C(=O)O. The normalized spacial score (nSPS) is 10.7. The first-order chi connectivity index (χ1) is 8.56. The largest absolute Gasteiger partial charge is 0.476 e. The fourth-order valence-corrected chi connectivity index (χ4v) is 1.56. The molecule has 5 heteroatoms. The summed E-state index contributed by atoms with van der Waals surface area (Å²) in [6, 6.07) is 0. The lowest BCUT2D eigenvalue weighted by molar-refractivity contribution is 0.0691. The van der Waals surface area contributed by atoms with Crippen LogP contribution in [-0.4, -0.2) is 27.6 Å². The van der Waals surface area contributed by atoms with Gasteiger partial charge in [0, 0.05) is 12.5 Å². The monoisotopic (exact) mass is 251 g/mol. The molecule has 1 aromatic rings. The van der Waals surface area contributed by atoms with Gasteiger partial charge >= 0.3 is 5.97 Å². The van der Waals surface area contributed by atoms with Gasteiger partial charge in [-0.1, -0.05) is 33.6 Å². The minimum absolute atomic E-state index is 0.0604. The average Bonchev–Trinajstić information content (AvgIpc) is 2.34. The van der Waals surface area contributed by atoms with Crippen LogP contribution in [-0.2, 0) is 0 Å². The molecular weight excluding hydrogens is 230 g/mol. The molecule has 100 valence electrons. The van der Waals surface area contributed by atoms with Gasteiger partial charge in [0.25, 0.3) is 0 Å². The van der Waals surface area contributed by atoms with E-state index in [1.807, 2.05) is 13.8 Å². The second kappa shape index (κ2) is 6.93. The molecule has 0 fully saturated rings. The van der Waals surface area contributed by atoms with Crippen LogP contribution in [0, 0.1) is 0 Å². The van der Waals surface area contributed by atoms with E-state index in [0.717, 1.165) is 25.8 Å². The Bertz CT molecular complexity index is 405. The van der Waals surface area contributed by atoms with Gasteiger partial charge in [-0.25, -0.2) is 14.8 Å². The number of nitrogens with one attached hydrogen (secondary N) is 1. The first-order valence-electron chi connectivity index (χ1n) is 6.40. The lowest BCUT2D eigenvalue weighted by Gasteiger charge is -2.10. The van der Waals surface area contributed by atoms with Crippen LogP contribution in [0.1, 0.15) is 62.3 Å². The molecule has 0 radical (unpaired) electrons. The number of unbranched alkanes of at least 4 members (excludes halogenated alkanes) is 2. The molecule has 0 amide bonds. The van der Waals surface area contributed by atoms with Crippen molar-refractivity contribution in [3.05, 3.63) is 17.7 Å². The minimum Gasteiger partial charge on any atom is -0.476 e. The third kappa shape index (κ3) is 3.98. The Balaban J connectivity index is 2.80. The van der Waals surface area contributed by atoms with E-state index in [1.165, 1.54) is 0 Å². The number of carboxylic acids is 1. The summed E-state index contributed by atoms with van der Waals surface area (Å²) in [5, 5.41) is 12.2. The Kier molecular flexibility index (Phi) is 5.55. The molecule has 0 atom stereocenters. The number of hydrogen-bond donors (Lipinski definition) is 2. The number of rotatable bonds is 7. The Morgan fingerprint density at radius 3 is 2.72 bits per heavy atom. The molecule has 2 N–H and O–H groups in total. The maximum absolute atomic E-state index is 11.2. The van der Waals surface area contributed by atoms with E-state index < -0.39 is 5.97 Å². The maximum atomic E-state index is 11.2. The minimum atomic E-state index is -1.02. The summed E-state index contributed by atoms with van der Waals surface area (Å²) >= 11 is 0. The fourth-order valence-electron chi connectivity index (χ4n) is 1.56. The molecule has 0 saturated carbocycles. The molecule has 18 heavy (non-hydrogen) atoms. The second-order valence-corrected chi connectivity index (χ2v) is 4.58. The predicted molar refractivity (Wildman–Crippen MR) is 71.1 cm³/mol. The van der Waals surface area contributed by atoms with E-state index >= 15 is 0 Å². The van der Waals surface area contributed by atoms with E-state index in [9.17, 15) is 4.79 Å². The number of hydrogen-bond acceptors (Lipinski definition) is 4. The molecule has 0 unspecified atom stereocenters. The van der Waals surface area contributed by atoms with Crippen molar-refractivity contribution in [1.82, 2.24) is 9.97 Å². The van der Waals surface area contributed by atoms with Gasteiger partial charge < -0.3 is 10.4 Å². The van der Waals surface area contributed by atoms with Gasteiger partial charge in [-0.3, -0.25) is 0 Å². The molecular formula is C13H21N3O2. The Morgan fingerprint density at radius 2 is 2.17 bits per heavy atom. The highest BCUT2D eigenvalue weighted by atomic mass is 16.4. The van der Waals surface area contributed by atoms with Crippen molar-refractivity contribution in [1.29, 1.82) is 0 Å². The van der Waals surface area contributed by atoms with Crippen molar-refractivity contribution in [3.8, 4) is 0 Å². The molecule has 0 aliphatic rings. The molecule has 0 saturated heterocycles. The summed E-state index contributed by atoms with van der Waals surface area (Å²) < 4.78 is 0. The van der Waals surface area contributed by atoms with E-state index in [0.29, 0.717) is 11.5 Å². The zero-order valence-corrected chi connectivity index (χ0v) is 11.2. The molecule has 1 heterocycles. The zero-order chi connectivity index (χ0) is 13.5. The summed E-state index contributed by atoms with van der Waals surface area (Å²) in [5.41, 5.74) is 0.563. The number of aromatic nitrogens is 2. The van der Waals surface area contributed by atoms with Gasteiger partial charge in [-0.15, -0.1) is 0 Å². The first-order valence-corrected chi connectivity index (χ1v) is 6.40. The van der Waals surface area contributed by atoms with Crippen molar-refractivity contribution in [2.45, 2.75) is 46.0 Å². The average molecular weight is 251 g/mol. The van der Waals surface area contributed by atoms with Crippen molar-refractivity contribution in [2.75, 3.05) is 11.9 Å². The predicted octanol–water partition coefficient (Wildman–Crippen LogP) is 2.90. The van der Waals surface area contributed by atoms with Crippen LogP contribution in [0.15, 0.2) is 6.20 Å². The van der Waals surface area contributed by atoms with E-state index in [-0.39, 0.29) is 11.6 Å². The number of nitrogens with zero attached hydrogens (tertiary/aromatic N) is 2. The molecule has 1 rings (SSSR count). The van der Waals surface area contributed by atoms with Gasteiger partial charge in [0.05, 0.1) is 11.9 Å². The number of aromatic carboxylic acids is 1. The van der Waals surface area contributed by atoms with Crippen LogP contribution in [0.5, 0.6) is 0 Å². The standard InChI is InChI=1S/C13H21N3O2/c1-4-5-6-7-14-10-8-15-12(9(2)3)16-11(10)13(17)18/h8-9,14H,4-7H2,1-3H3,(H,17,18). The highest BCUT2D eigenvalue weighted by Crippen LogP contribution is 2.16. The van der Waals surface area contributed by atoms with Gasteiger partial charge in [0.15, 0.2) is 5.69 Å². The number of carbonyl (C=O) groups is 1.